The normalized spacial score (nSPS) is 18.0. The molecule has 14 nitrogen and oxygen atoms in total. The minimum absolute atomic E-state index is 0.0802. The zero-order chi connectivity index (χ0) is 41.3. The molecule has 3 aromatic carbocycles. The van der Waals surface area contributed by atoms with Gasteiger partial charge in [-0.3, -0.25) is 43.5 Å². The Bertz CT molecular complexity index is 2650. The van der Waals surface area contributed by atoms with E-state index in [9.17, 15) is 24.0 Å². The third-order valence-corrected chi connectivity index (χ3v) is 12.4. The van der Waals surface area contributed by atoms with Crippen LogP contribution in [0.25, 0.3) is 16.8 Å². The lowest BCUT2D eigenvalue weighted by atomic mass is 10.0. The first-order chi connectivity index (χ1) is 29.2. The molecule has 2 saturated heterocycles. The molecule has 60 heavy (non-hydrogen) atoms. The van der Waals surface area contributed by atoms with Crippen LogP contribution in [-0.2, 0) is 22.4 Å². The largest absolute Gasteiger partial charge is 0.382 e. The molecule has 15 heteroatoms. The number of hydrogen-bond acceptors (Lipinski definition) is 11. The summed E-state index contributed by atoms with van der Waals surface area (Å²) in [4.78, 5) is 81.7. The lowest BCUT2D eigenvalue weighted by Gasteiger charge is -2.27. The molecule has 4 N–H and O–H groups in total. The molecule has 2 fully saturated rings. The number of likely N-dealkylation sites (tertiary alicyclic amines) is 1. The Labute approximate surface area is 349 Å². The fourth-order valence-corrected chi connectivity index (χ4v) is 9.42. The number of nitrogens with two attached hydrogens (primary N) is 1. The summed E-state index contributed by atoms with van der Waals surface area (Å²) in [6, 6.07) is 25.6. The maximum Gasteiger partial charge on any atom is 0.263 e. The summed E-state index contributed by atoms with van der Waals surface area (Å²) in [6.45, 7) is 1.81. The molecule has 0 spiro atoms. The third kappa shape index (κ3) is 7.53. The zero-order valence-corrected chi connectivity index (χ0v) is 33.4. The predicted molar refractivity (Wildman–Crippen MR) is 226 cm³/mol. The highest BCUT2D eigenvalue weighted by Gasteiger charge is 2.45. The number of carbonyl (C=O) groups excluding carboxylic acids is 5. The number of imide groups is 2. The number of rotatable bonds is 12. The molecule has 3 aliphatic heterocycles. The summed E-state index contributed by atoms with van der Waals surface area (Å²) in [5, 5.41) is 5.07. The quantitative estimate of drug-likeness (QED) is 0.101. The van der Waals surface area contributed by atoms with Gasteiger partial charge in [0.2, 0.25) is 11.8 Å². The van der Waals surface area contributed by atoms with E-state index in [2.05, 4.69) is 54.2 Å². The lowest BCUT2D eigenvalue weighted by molar-refractivity contribution is -0.136. The van der Waals surface area contributed by atoms with Crippen LogP contribution in [0.5, 0.6) is 0 Å². The van der Waals surface area contributed by atoms with Crippen molar-refractivity contribution in [1.29, 1.82) is 0 Å². The number of piperidine rings is 1. The average Bonchev–Trinajstić information content (AvgIpc) is 3.96. The second kappa shape index (κ2) is 16.5. The van der Waals surface area contributed by atoms with Gasteiger partial charge in [-0.05, 0) is 86.2 Å². The molecule has 2 atom stereocenters. The smallest absolute Gasteiger partial charge is 0.263 e. The number of amides is 5. The Kier molecular flexibility index (Phi) is 10.7. The van der Waals surface area contributed by atoms with E-state index in [1.165, 1.54) is 17.3 Å². The van der Waals surface area contributed by atoms with Crippen LogP contribution in [0.1, 0.15) is 79.8 Å². The van der Waals surface area contributed by atoms with Crippen LogP contribution in [-0.4, -0.2) is 83.6 Å². The fourth-order valence-electron chi connectivity index (χ4n) is 8.34. The second-order valence-corrected chi connectivity index (χ2v) is 16.2. The minimum atomic E-state index is -0.991. The van der Waals surface area contributed by atoms with Gasteiger partial charge in [0, 0.05) is 53.3 Å². The molecule has 0 radical (unpaired) electrons. The first-order valence-corrected chi connectivity index (χ1v) is 21.0. The summed E-state index contributed by atoms with van der Waals surface area (Å²) in [6.07, 6.45) is 9.08. The van der Waals surface area contributed by atoms with Crippen LogP contribution in [0.15, 0.2) is 108 Å². The van der Waals surface area contributed by atoms with Gasteiger partial charge >= 0.3 is 0 Å². The molecule has 6 heterocycles. The number of nitrogen functional groups attached to an aromatic ring is 1. The van der Waals surface area contributed by atoms with Crippen LogP contribution in [0.4, 0.5) is 11.6 Å². The molecular formula is C45H41N9O5S. The maximum absolute atomic E-state index is 13.5. The number of aryl methyl sites for hydroxylation is 1. The standard InChI is InChI=1S/C45H41N9O5S/c46-40-39-38(29-13-15-30(16-14-29)42(56)49-35-8-1-2-21-47-35)51-41(53(39)25-22-48-40)32-6-4-23-52(32)24-19-27-9-11-28(12-10-27)20-26-60-34-7-3-5-31-37(34)45(59)54(44(31)58)33-17-18-36(55)50-43(33)57/h1-3,5,7-16,21-22,25,32-33H,4,6,17-20,23-24,26H2,(H2,46,48)(H,47,49,56)(H,50,55,57)/t32-,33-/m0/s1. The average molecular weight is 820 g/mol. The lowest BCUT2D eigenvalue weighted by Crippen LogP contribution is -2.54. The van der Waals surface area contributed by atoms with Gasteiger partial charge in [-0.1, -0.05) is 48.5 Å². The highest BCUT2D eigenvalue weighted by molar-refractivity contribution is 7.99. The summed E-state index contributed by atoms with van der Waals surface area (Å²) < 4.78 is 2.06. The van der Waals surface area contributed by atoms with Gasteiger partial charge in [0.15, 0.2) is 0 Å². The molecule has 3 aliphatic rings. The van der Waals surface area contributed by atoms with Crippen molar-refractivity contribution in [2.75, 3.05) is 29.9 Å². The maximum atomic E-state index is 13.5. The van der Waals surface area contributed by atoms with Crippen LogP contribution in [0, 0.1) is 0 Å². The van der Waals surface area contributed by atoms with Gasteiger partial charge < -0.3 is 11.1 Å². The molecule has 3 aromatic heterocycles. The molecule has 0 aliphatic carbocycles. The van der Waals surface area contributed by atoms with Gasteiger partial charge in [0.1, 0.15) is 34.7 Å². The van der Waals surface area contributed by atoms with Crippen molar-refractivity contribution in [2.24, 2.45) is 0 Å². The number of fused-ring (bicyclic) bond motifs is 2. The highest BCUT2D eigenvalue weighted by Crippen LogP contribution is 2.37. The molecule has 9 rings (SSSR count). The van der Waals surface area contributed by atoms with Crippen molar-refractivity contribution in [1.82, 2.24) is 34.5 Å². The molecular weight excluding hydrogens is 779 g/mol. The topological polar surface area (TPSA) is 185 Å². The van der Waals surface area contributed by atoms with E-state index in [4.69, 9.17) is 10.7 Å². The number of pyridine rings is 1. The van der Waals surface area contributed by atoms with Crippen molar-refractivity contribution < 1.29 is 24.0 Å². The molecule has 0 saturated carbocycles. The van der Waals surface area contributed by atoms with E-state index >= 15 is 0 Å². The van der Waals surface area contributed by atoms with Crippen molar-refractivity contribution in [3.63, 3.8) is 0 Å². The number of imidazole rings is 1. The third-order valence-electron chi connectivity index (χ3n) is 11.4. The highest BCUT2D eigenvalue weighted by atomic mass is 32.2. The Balaban J connectivity index is 0.830. The minimum Gasteiger partial charge on any atom is -0.382 e. The van der Waals surface area contributed by atoms with E-state index < -0.39 is 29.7 Å². The van der Waals surface area contributed by atoms with Crippen molar-refractivity contribution in [3.05, 3.63) is 137 Å². The number of carbonyl (C=O) groups is 5. The van der Waals surface area contributed by atoms with Crippen LogP contribution in [0.3, 0.4) is 0 Å². The Morgan fingerprint density at radius 1 is 0.850 bits per heavy atom. The van der Waals surface area contributed by atoms with Crippen molar-refractivity contribution >= 4 is 58.5 Å². The number of benzene rings is 3. The van der Waals surface area contributed by atoms with E-state index in [1.807, 2.05) is 30.5 Å². The number of thioether (sulfide) groups is 1. The van der Waals surface area contributed by atoms with E-state index in [0.29, 0.717) is 33.4 Å². The molecule has 302 valence electrons. The molecule has 5 amide bonds. The fraction of sp³-hybridized carbons (Fsp3) is 0.244. The van der Waals surface area contributed by atoms with E-state index in [0.717, 1.165) is 71.8 Å². The summed E-state index contributed by atoms with van der Waals surface area (Å²) in [5.41, 5.74) is 12.3. The molecule has 0 unspecified atom stereocenters. The number of hydrogen-bond donors (Lipinski definition) is 3. The summed E-state index contributed by atoms with van der Waals surface area (Å²) >= 11 is 1.51. The van der Waals surface area contributed by atoms with E-state index in [-0.39, 0.29) is 30.4 Å². The van der Waals surface area contributed by atoms with Crippen LogP contribution >= 0.6 is 11.8 Å². The zero-order valence-electron chi connectivity index (χ0n) is 32.5. The Morgan fingerprint density at radius 3 is 2.42 bits per heavy atom. The molecule has 6 aromatic rings. The number of anilines is 2. The van der Waals surface area contributed by atoms with Gasteiger partial charge in [0.05, 0.1) is 17.2 Å². The number of nitrogens with one attached hydrogen (secondary N) is 2. The first-order valence-electron chi connectivity index (χ1n) is 20.0. The summed E-state index contributed by atoms with van der Waals surface area (Å²) in [5.74, 6) is 0.215. The van der Waals surface area contributed by atoms with E-state index in [1.54, 1.807) is 48.8 Å². The first kappa shape index (κ1) is 38.8. The van der Waals surface area contributed by atoms with Crippen LogP contribution in [0.2, 0.25) is 0 Å². The van der Waals surface area contributed by atoms with Gasteiger partial charge in [-0.2, -0.15) is 0 Å². The number of aromatic nitrogens is 4. The summed E-state index contributed by atoms with van der Waals surface area (Å²) in [7, 11) is 0. The monoisotopic (exact) mass is 819 g/mol. The second-order valence-electron chi connectivity index (χ2n) is 15.1. The Hall–Kier alpha value is -6.71. The SMILES string of the molecule is Nc1nccn2c([C@@H]3CCCN3CCc3ccc(CCSc4cccc5c4C(=O)N([C@H]4CCC(=O)NC4=O)C5=O)cc3)nc(-c3ccc(C(=O)Nc4ccccn4)cc3)c12. The van der Waals surface area contributed by atoms with Crippen molar-refractivity contribution in [2.45, 2.75) is 55.5 Å². The van der Waals surface area contributed by atoms with Gasteiger partial charge in [0.25, 0.3) is 17.7 Å². The predicted octanol–water partition coefficient (Wildman–Crippen LogP) is 5.74. The van der Waals surface area contributed by atoms with Crippen LogP contribution < -0.4 is 16.4 Å². The van der Waals surface area contributed by atoms with Gasteiger partial charge in [-0.25, -0.2) is 15.0 Å². The van der Waals surface area contributed by atoms with Gasteiger partial charge in [-0.15, -0.1) is 11.8 Å². The Morgan fingerprint density at radius 2 is 1.65 bits per heavy atom. The van der Waals surface area contributed by atoms with Crippen molar-refractivity contribution in [3.8, 4) is 11.3 Å². The number of nitrogens with zero attached hydrogens (tertiary/aromatic N) is 6. The molecule has 0 bridgehead atoms.